The molecule has 126 valence electrons. The van der Waals surface area contributed by atoms with Crippen LogP contribution in [0, 0.1) is 0 Å². The molecule has 0 aliphatic carbocycles. The highest BCUT2D eigenvalue weighted by Gasteiger charge is 2.32. The largest absolute Gasteiger partial charge is 0.452 e. The van der Waals surface area contributed by atoms with E-state index in [9.17, 15) is 14.4 Å². The lowest BCUT2D eigenvalue weighted by atomic mass is 10.3. The summed E-state index contributed by atoms with van der Waals surface area (Å²) in [6.07, 6.45) is 2.32. The van der Waals surface area contributed by atoms with Crippen molar-refractivity contribution in [2.75, 3.05) is 13.1 Å². The van der Waals surface area contributed by atoms with Crippen LogP contribution in [0.15, 0.2) is 35.0 Å². The Morgan fingerprint density at radius 2 is 2.29 bits per heavy atom. The van der Waals surface area contributed by atoms with Crippen LogP contribution in [0.4, 0.5) is 4.79 Å². The summed E-state index contributed by atoms with van der Waals surface area (Å²) >= 11 is 0. The molecular weight excluding hydrogens is 316 g/mol. The number of carbonyl (C=O) groups excluding carboxylic acids is 3. The van der Waals surface area contributed by atoms with E-state index >= 15 is 0 Å². The number of urea groups is 1. The first-order chi connectivity index (χ1) is 11.5. The van der Waals surface area contributed by atoms with Crippen LogP contribution in [-0.4, -0.2) is 51.8 Å². The van der Waals surface area contributed by atoms with Crippen molar-refractivity contribution in [2.24, 2.45) is 0 Å². The maximum absolute atomic E-state index is 12.1. The summed E-state index contributed by atoms with van der Waals surface area (Å²) < 4.78 is 12.1. The Hall–Kier alpha value is -3.10. The molecular formula is C15H16N4O5. The zero-order valence-electron chi connectivity index (χ0n) is 13.0. The number of nitrogens with one attached hydrogen (secondary N) is 1. The van der Waals surface area contributed by atoms with Gasteiger partial charge in [0.1, 0.15) is 5.76 Å². The van der Waals surface area contributed by atoms with E-state index in [0.29, 0.717) is 18.8 Å². The lowest BCUT2D eigenvalue weighted by Gasteiger charge is -2.17. The van der Waals surface area contributed by atoms with Crippen LogP contribution in [0.5, 0.6) is 0 Å². The van der Waals surface area contributed by atoms with Crippen molar-refractivity contribution in [3.63, 3.8) is 0 Å². The SMILES string of the molecule is CC(OC(=O)c1ccc(Cn2cccn2)o1)C(=O)N1CCNC1=O. The Morgan fingerprint density at radius 1 is 1.46 bits per heavy atom. The number of imide groups is 1. The standard InChI is InChI=1S/C15H16N4O5/c1-10(13(20)19-8-6-16-15(19)22)23-14(21)12-4-3-11(24-12)9-18-7-2-5-17-18/h2-5,7,10H,6,8-9H2,1H3,(H,16,22). The third-order valence-corrected chi connectivity index (χ3v) is 3.49. The number of amides is 3. The van der Waals surface area contributed by atoms with E-state index in [1.807, 2.05) is 0 Å². The number of furan rings is 1. The van der Waals surface area contributed by atoms with Crippen LogP contribution in [0.3, 0.4) is 0 Å². The van der Waals surface area contributed by atoms with Gasteiger partial charge in [0, 0.05) is 25.5 Å². The fourth-order valence-electron chi connectivity index (χ4n) is 2.30. The highest BCUT2D eigenvalue weighted by Crippen LogP contribution is 2.13. The molecule has 3 heterocycles. The molecule has 2 aromatic rings. The average Bonchev–Trinajstić information content (AvgIpc) is 3.29. The van der Waals surface area contributed by atoms with Gasteiger partial charge < -0.3 is 14.5 Å². The second kappa shape index (κ2) is 6.57. The first kappa shape index (κ1) is 15.8. The third kappa shape index (κ3) is 3.29. The maximum Gasteiger partial charge on any atom is 0.375 e. The van der Waals surface area contributed by atoms with Crippen LogP contribution >= 0.6 is 0 Å². The summed E-state index contributed by atoms with van der Waals surface area (Å²) in [7, 11) is 0. The van der Waals surface area contributed by atoms with Crippen LogP contribution in [-0.2, 0) is 16.1 Å². The molecule has 0 radical (unpaired) electrons. The van der Waals surface area contributed by atoms with E-state index in [1.54, 1.807) is 29.2 Å². The van der Waals surface area contributed by atoms with Crippen molar-refractivity contribution in [1.82, 2.24) is 20.0 Å². The van der Waals surface area contributed by atoms with Gasteiger partial charge in [-0.2, -0.15) is 5.10 Å². The lowest BCUT2D eigenvalue weighted by Crippen LogP contribution is -2.41. The van der Waals surface area contributed by atoms with Gasteiger partial charge in [-0.3, -0.25) is 14.4 Å². The number of aromatic nitrogens is 2. The van der Waals surface area contributed by atoms with Crippen molar-refractivity contribution in [3.05, 3.63) is 42.1 Å². The zero-order chi connectivity index (χ0) is 17.1. The molecule has 9 nitrogen and oxygen atoms in total. The second-order valence-corrected chi connectivity index (χ2v) is 5.24. The monoisotopic (exact) mass is 332 g/mol. The summed E-state index contributed by atoms with van der Waals surface area (Å²) in [6, 6.07) is 4.40. The Kier molecular flexibility index (Phi) is 4.32. The zero-order valence-corrected chi connectivity index (χ0v) is 13.0. The number of carbonyl (C=O) groups is 3. The van der Waals surface area contributed by atoms with Gasteiger partial charge in [0.05, 0.1) is 6.54 Å². The van der Waals surface area contributed by atoms with Crippen molar-refractivity contribution in [2.45, 2.75) is 19.6 Å². The molecule has 1 N–H and O–H groups in total. The maximum atomic E-state index is 12.1. The lowest BCUT2D eigenvalue weighted by molar-refractivity contribution is -0.136. The molecule has 1 saturated heterocycles. The molecule has 3 rings (SSSR count). The Balaban J connectivity index is 1.59. The Bertz CT molecular complexity index is 752. The summed E-state index contributed by atoms with van der Waals surface area (Å²) in [5.74, 6) is -0.810. The van der Waals surface area contributed by atoms with Crippen LogP contribution < -0.4 is 5.32 Å². The summed E-state index contributed by atoms with van der Waals surface area (Å²) in [6.45, 7) is 2.44. The molecule has 3 amide bonds. The highest BCUT2D eigenvalue weighted by atomic mass is 16.6. The van der Waals surface area contributed by atoms with Gasteiger partial charge >= 0.3 is 12.0 Å². The molecule has 0 bridgehead atoms. The highest BCUT2D eigenvalue weighted by molar-refractivity contribution is 5.99. The predicted molar refractivity (Wildman–Crippen MR) is 80.0 cm³/mol. The number of hydrogen-bond donors (Lipinski definition) is 1. The molecule has 2 aromatic heterocycles. The topological polar surface area (TPSA) is 107 Å². The fourth-order valence-corrected chi connectivity index (χ4v) is 2.30. The smallest absolute Gasteiger partial charge is 0.375 e. The van der Waals surface area contributed by atoms with Crippen molar-refractivity contribution in [3.8, 4) is 0 Å². The van der Waals surface area contributed by atoms with Crippen LogP contribution in [0.2, 0.25) is 0 Å². The number of ether oxygens (including phenoxy) is 1. The Labute approximate surface area is 137 Å². The van der Waals surface area contributed by atoms with Gasteiger partial charge in [-0.15, -0.1) is 0 Å². The van der Waals surface area contributed by atoms with E-state index < -0.39 is 24.0 Å². The molecule has 0 saturated carbocycles. The molecule has 24 heavy (non-hydrogen) atoms. The van der Waals surface area contributed by atoms with Gasteiger partial charge in [0.15, 0.2) is 6.10 Å². The normalized spacial score (nSPS) is 15.2. The van der Waals surface area contributed by atoms with Gasteiger partial charge in [0.2, 0.25) is 5.76 Å². The van der Waals surface area contributed by atoms with E-state index in [2.05, 4.69) is 10.4 Å². The van der Waals surface area contributed by atoms with Gasteiger partial charge in [-0.1, -0.05) is 0 Å². The molecule has 0 spiro atoms. The third-order valence-electron chi connectivity index (χ3n) is 3.49. The van der Waals surface area contributed by atoms with Crippen molar-refractivity contribution >= 4 is 17.9 Å². The van der Waals surface area contributed by atoms with E-state index in [1.165, 1.54) is 13.0 Å². The first-order valence-corrected chi connectivity index (χ1v) is 7.41. The minimum atomic E-state index is -1.08. The van der Waals surface area contributed by atoms with E-state index in [-0.39, 0.29) is 12.3 Å². The van der Waals surface area contributed by atoms with Gasteiger partial charge in [-0.25, -0.2) is 9.59 Å². The fraction of sp³-hybridized carbons (Fsp3) is 0.333. The number of esters is 1. The van der Waals surface area contributed by atoms with E-state index in [0.717, 1.165) is 4.90 Å². The summed E-state index contributed by atoms with van der Waals surface area (Å²) in [5, 5.41) is 6.55. The molecule has 1 unspecified atom stereocenters. The van der Waals surface area contributed by atoms with E-state index in [4.69, 9.17) is 9.15 Å². The minimum Gasteiger partial charge on any atom is -0.452 e. The molecule has 1 fully saturated rings. The number of nitrogens with zero attached hydrogens (tertiary/aromatic N) is 3. The van der Waals surface area contributed by atoms with Gasteiger partial charge in [0.25, 0.3) is 5.91 Å². The minimum absolute atomic E-state index is 0.0114. The van der Waals surface area contributed by atoms with Crippen LogP contribution in [0.1, 0.15) is 23.2 Å². The second-order valence-electron chi connectivity index (χ2n) is 5.24. The number of rotatable bonds is 5. The van der Waals surface area contributed by atoms with Crippen LogP contribution in [0.25, 0.3) is 0 Å². The Morgan fingerprint density at radius 3 is 2.96 bits per heavy atom. The van der Waals surface area contributed by atoms with Crippen molar-refractivity contribution in [1.29, 1.82) is 0 Å². The van der Waals surface area contributed by atoms with Crippen molar-refractivity contribution < 1.29 is 23.5 Å². The molecule has 1 aliphatic rings. The average molecular weight is 332 g/mol. The molecule has 1 aliphatic heterocycles. The number of hydrogen-bond acceptors (Lipinski definition) is 6. The predicted octanol–water partition coefficient (Wildman–Crippen LogP) is 0.621. The van der Waals surface area contributed by atoms with Gasteiger partial charge in [-0.05, 0) is 25.1 Å². The molecule has 9 heteroatoms. The first-order valence-electron chi connectivity index (χ1n) is 7.41. The summed E-state index contributed by atoms with van der Waals surface area (Å²) in [4.78, 5) is 36.6. The molecule has 1 atom stereocenters. The summed E-state index contributed by atoms with van der Waals surface area (Å²) in [5.41, 5.74) is 0. The quantitative estimate of drug-likeness (QED) is 0.805. The molecule has 0 aromatic carbocycles.